The second kappa shape index (κ2) is 61.3. The van der Waals surface area contributed by atoms with Crippen molar-refractivity contribution in [3.63, 3.8) is 0 Å². The van der Waals surface area contributed by atoms with E-state index in [1.807, 2.05) is 92.2 Å². The molecular weight excluding hydrogens is 1770 g/mol. The molecule has 12 rings (SSSR count). The van der Waals surface area contributed by atoms with Gasteiger partial charge in [-0.3, -0.25) is 0 Å². The van der Waals surface area contributed by atoms with E-state index >= 15 is 0 Å². The highest BCUT2D eigenvalue weighted by Gasteiger charge is 2.29. The number of aliphatic hydroxyl groups excluding tert-OH is 2. The van der Waals surface area contributed by atoms with Crippen LogP contribution in [0.2, 0.25) is 0 Å². The predicted octanol–water partition coefficient (Wildman–Crippen LogP) is 15.7. The van der Waals surface area contributed by atoms with Crippen LogP contribution in [-0.2, 0) is 46.6 Å². The van der Waals surface area contributed by atoms with E-state index in [1.54, 1.807) is 25.7 Å². The number of aliphatic hydroxyl groups is 2. The van der Waals surface area contributed by atoms with E-state index in [1.165, 1.54) is 83.1 Å². The number of aromatic nitrogens is 4. The lowest BCUT2D eigenvalue weighted by Gasteiger charge is -2.33. The molecule has 0 aromatic carbocycles. The van der Waals surface area contributed by atoms with E-state index in [2.05, 4.69) is 155 Å². The van der Waals surface area contributed by atoms with Crippen molar-refractivity contribution in [2.45, 2.75) is 157 Å². The van der Waals surface area contributed by atoms with Crippen molar-refractivity contribution in [3.05, 3.63) is 124 Å². The number of rotatable bonds is 25. The number of piperidine rings is 5. The van der Waals surface area contributed by atoms with Crippen LogP contribution in [0.15, 0.2) is 107 Å². The van der Waals surface area contributed by atoms with Crippen LogP contribution < -0.4 is 20.0 Å². The van der Waals surface area contributed by atoms with Gasteiger partial charge in [0.15, 0.2) is 0 Å². The summed E-state index contributed by atoms with van der Waals surface area (Å²) in [6.07, 6.45) is 29.0. The molecule has 0 radical (unpaired) electrons. The van der Waals surface area contributed by atoms with E-state index in [0.29, 0.717) is 30.3 Å². The smallest absolute Gasteiger partial charge is 0.410 e. The predicted molar refractivity (Wildman–Crippen MR) is 492 cm³/mol. The number of pyridine rings is 4. The summed E-state index contributed by atoms with van der Waals surface area (Å²) in [5.74, 6) is 5.45. The van der Waals surface area contributed by atoms with Crippen LogP contribution >= 0.6 is 68.5 Å². The largest absolute Gasteiger partial charge is 0.447 e. The van der Waals surface area contributed by atoms with Gasteiger partial charge < -0.3 is 68.8 Å². The summed E-state index contributed by atoms with van der Waals surface area (Å²) in [4.78, 5) is 91.8. The summed E-state index contributed by atoms with van der Waals surface area (Å²) in [6, 6.07) is 15.3. The van der Waals surface area contributed by atoms with Crippen LogP contribution in [0.25, 0.3) is 12.2 Å². The molecule has 4 aromatic rings. The zero-order valence-corrected chi connectivity index (χ0v) is 79.5. The third-order valence-electron chi connectivity index (χ3n) is 20.8. The Morgan fingerprint density at radius 1 is 0.431 bits per heavy atom. The van der Waals surface area contributed by atoms with Crippen LogP contribution in [0.3, 0.4) is 0 Å². The van der Waals surface area contributed by atoms with Crippen LogP contribution in [0, 0.1) is 35.5 Å². The van der Waals surface area contributed by atoms with E-state index in [9.17, 15) is 23.6 Å². The normalized spacial score (nSPS) is 18.3. The quantitative estimate of drug-likeness (QED) is 0.0106. The number of allylic oxidation sites excluding steroid dienone is 3. The van der Waals surface area contributed by atoms with Crippen LogP contribution in [0.5, 0.6) is 0 Å². The maximum Gasteiger partial charge on any atom is 0.410 e. The minimum absolute atomic E-state index is 0.0281. The minimum Gasteiger partial charge on any atom is -0.447 e. The summed E-state index contributed by atoms with van der Waals surface area (Å²) < 4.78 is 55.6. The molecule has 123 heavy (non-hydrogen) atoms. The van der Waals surface area contributed by atoms with Crippen LogP contribution in [-0.4, -0.2) is 290 Å². The van der Waals surface area contributed by atoms with Crippen molar-refractivity contribution in [2.24, 2.45) is 29.6 Å². The van der Waals surface area contributed by atoms with Crippen molar-refractivity contribution in [1.29, 1.82) is 0 Å². The zero-order chi connectivity index (χ0) is 89.1. The number of hydrogen-bond donors (Lipinski definition) is 3. The maximum atomic E-state index is 12.0. The fourth-order valence-electron chi connectivity index (χ4n) is 13.9. The first-order valence-corrected chi connectivity index (χ1v) is 46.7. The van der Waals surface area contributed by atoms with Crippen molar-refractivity contribution >= 4 is 123 Å². The van der Waals surface area contributed by atoms with E-state index < -0.39 is 5.95 Å². The third-order valence-corrected chi connectivity index (χ3v) is 24.1. The molecular formula is C86H136Br2FN15O16S3. The molecule has 4 amide bonds. The van der Waals surface area contributed by atoms with Gasteiger partial charge in [0, 0.05) is 178 Å². The van der Waals surface area contributed by atoms with E-state index in [4.69, 9.17) is 42.2 Å². The Balaban J connectivity index is 0.000000233. The zero-order valence-electron chi connectivity index (χ0n) is 73.9. The van der Waals surface area contributed by atoms with E-state index in [-0.39, 0.29) is 55.4 Å². The Bertz CT molecular complexity index is 3430. The summed E-state index contributed by atoms with van der Waals surface area (Å²) in [5.41, 5.74) is 2.20. The van der Waals surface area contributed by atoms with Crippen molar-refractivity contribution in [3.8, 4) is 0 Å². The van der Waals surface area contributed by atoms with Gasteiger partial charge in [-0.25, -0.2) is 66.7 Å². The third kappa shape index (κ3) is 43.4. The van der Waals surface area contributed by atoms with Gasteiger partial charge in [-0.05, 0) is 267 Å². The molecule has 0 aliphatic carbocycles. The molecule has 4 aromatic heterocycles. The molecule has 0 atom stereocenters. The number of carbonyl (C=O) groups is 4. The van der Waals surface area contributed by atoms with Gasteiger partial charge >= 0.3 is 24.4 Å². The first kappa shape index (κ1) is 106. The van der Waals surface area contributed by atoms with Gasteiger partial charge in [0.25, 0.3) is 0 Å². The average molecular weight is 1910 g/mol. The van der Waals surface area contributed by atoms with Gasteiger partial charge in [0.1, 0.15) is 54.1 Å². The number of hydrogen-bond acceptors (Lipinski definition) is 30. The lowest BCUT2D eigenvalue weighted by Crippen LogP contribution is -2.43. The molecule has 0 spiro atoms. The molecule has 12 heterocycles. The number of nitrogens with one attached hydrogen (secondary N) is 1. The van der Waals surface area contributed by atoms with Gasteiger partial charge in [-0.2, -0.15) is 4.39 Å². The molecule has 8 fully saturated rings. The summed E-state index contributed by atoms with van der Waals surface area (Å²) >= 11 is 10.2. The van der Waals surface area contributed by atoms with Gasteiger partial charge in [0.05, 0.1) is 45.7 Å². The molecule has 690 valence electrons. The molecule has 8 saturated heterocycles. The number of anilines is 3. The van der Waals surface area contributed by atoms with Crippen molar-refractivity contribution in [2.75, 3.05) is 193 Å². The fraction of sp³-hybridized carbons (Fsp3) is 0.651. The molecule has 37 heteroatoms. The molecule has 8 aliphatic heterocycles. The Hall–Kier alpha value is -6.24. The van der Waals surface area contributed by atoms with E-state index in [0.717, 1.165) is 252 Å². The summed E-state index contributed by atoms with van der Waals surface area (Å²) in [6.45, 7) is 38.6. The highest BCUT2D eigenvalue weighted by molar-refractivity contribution is 9.10. The molecule has 0 bridgehead atoms. The van der Waals surface area contributed by atoms with Crippen molar-refractivity contribution in [1.82, 2.24) is 57.8 Å². The number of piperazine rings is 3. The topological polar surface area (TPSA) is 297 Å². The number of halogens is 3. The standard InChI is InChI=1S/2C21H32N4O4S.C11H21NO3.C11H19NO2.C10H14BrN3O2S.C7H15NO.C5H3BrFN/c2*1-17(2)28-21(26)24-10-8-18(9-11-24)4-5-19-6-7-20(22-16-19)23-12-14-25(15-13-23)30-29-27-3;1-9(2)15-11(14)12-6-3-10(4-7-12)5-8-13;1-4-10-5-7-12(8-6-10)11(13)14-9(2)3;1-15-16-17-14-6-4-13(5-7-14)10-3-2-9(11)8-12-10;9-6-3-7-1-4-8-5-2-7;6-4-1-2-5(7)8-3-4/h2*4-7,16-18H,8-15H2,1-3H3;9-10,13H,3-8H2,1-2H3;4,9-10H,1,5-8H2,2-3H3;2-3,8H,4-7H2,1H3;7-9H,1-6H2;1-3H/b2*5-4+;;;;;. The minimum atomic E-state index is -0.451. The first-order valence-electron chi connectivity index (χ1n) is 43.0. The molecule has 31 nitrogen and oxygen atoms in total. The highest BCUT2D eigenvalue weighted by Crippen LogP contribution is 2.28. The van der Waals surface area contributed by atoms with Crippen molar-refractivity contribution < 1.29 is 80.4 Å². The van der Waals surface area contributed by atoms with Crippen LogP contribution in [0.1, 0.15) is 144 Å². The summed E-state index contributed by atoms with van der Waals surface area (Å²) in [5, 5.41) is 20.7. The second-order valence-corrected chi connectivity index (χ2v) is 35.8. The average Bonchev–Trinajstić information content (AvgIpc) is 0.858. The second-order valence-electron chi connectivity index (χ2n) is 31.5. The fourth-order valence-corrected chi connectivity index (χ4v) is 15.7. The Morgan fingerprint density at radius 2 is 0.732 bits per heavy atom. The molecule has 8 aliphatic rings. The Kier molecular flexibility index (Phi) is 52.6. The van der Waals surface area contributed by atoms with Gasteiger partial charge in [-0.15, -0.1) is 19.6 Å². The molecule has 0 saturated carbocycles. The maximum absolute atomic E-state index is 12.0. The summed E-state index contributed by atoms with van der Waals surface area (Å²) in [7, 11) is 4.53. The first-order chi connectivity index (χ1) is 59.4. The monoisotopic (exact) mass is 1910 g/mol. The Labute approximate surface area is 759 Å². The lowest BCUT2D eigenvalue weighted by molar-refractivity contribution is -0.163. The number of carbonyl (C=O) groups excluding carboxylic acids is 4. The number of ether oxygens (including phenoxy) is 4. The number of likely N-dealkylation sites (tertiary alicyclic amines) is 4. The Morgan fingerprint density at radius 3 is 1.00 bits per heavy atom. The molecule has 0 unspecified atom stereocenters. The highest BCUT2D eigenvalue weighted by atomic mass is 79.9. The van der Waals surface area contributed by atoms with Crippen LogP contribution in [0.4, 0.5) is 41.0 Å². The SMILES string of the molecule is C=CC1CCN(C(=O)OC(C)C)CC1.CC(C)OC(=O)N1CCC(CCO)CC1.COOSN1CCN(c2ccc(/C=C/C3CCN(C(=O)OC(C)C)CC3)cn2)CC1.COOSN1CCN(c2ccc(/C=C/C3CCN(C(=O)OC(C)C)CC3)cn2)CC1.COOSN1CCN(c2ccc(Br)cn2)CC1.Fc1ccc(Br)cn1.OCCC1CCNCC1. The number of nitrogens with zero attached hydrogens (tertiary/aromatic N) is 14. The number of amides is 4. The molecule has 3 N–H and O–H groups in total. The van der Waals surface area contributed by atoms with Gasteiger partial charge in [-0.1, -0.05) is 30.4 Å². The lowest BCUT2D eigenvalue weighted by atomic mass is 9.94. The van der Waals surface area contributed by atoms with Gasteiger partial charge in [0.2, 0.25) is 5.95 Å².